The molecule has 1 fully saturated rings. The van der Waals surface area contributed by atoms with Crippen molar-refractivity contribution in [3.63, 3.8) is 0 Å². The number of Topliss-reactive ketones (excluding diaryl/α,β-unsaturated/α-hetero) is 1. The highest BCUT2D eigenvalue weighted by atomic mass is 32.2. The van der Waals surface area contributed by atoms with Crippen molar-refractivity contribution in [1.82, 2.24) is 14.8 Å². The Bertz CT molecular complexity index is 1020. The van der Waals surface area contributed by atoms with Crippen LogP contribution < -0.4 is 4.74 Å². The highest BCUT2D eigenvalue weighted by Crippen LogP contribution is 2.42. The monoisotopic (exact) mass is 411 g/mol. The quantitative estimate of drug-likeness (QED) is 0.378. The van der Waals surface area contributed by atoms with Gasteiger partial charge in [-0.15, -0.1) is 10.2 Å². The summed E-state index contributed by atoms with van der Waals surface area (Å²) in [5, 5.41) is 8.97. The summed E-state index contributed by atoms with van der Waals surface area (Å²) in [6.07, 6.45) is 2.68. The molecule has 1 atom stereocenters. The van der Waals surface area contributed by atoms with Gasteiger partial charge in [0, 0.05) is 11.6 Å². The lowest BCUT2D eigenvalue weighted by Gasteiger charge is -2.15. The molecule has 0 spiro atoms. The van der Waals surface area contributed by atoms with Gasteiger partial charge in [-0.2, -0.15) is 0 Å². The van der Waals surface area contributed by atoms with Gasteiger partial charge in [0.05, 0.1) is 17.9 Å². The molecule has 3 aromatic rings. The molecule has 150 valence electrons. The molecule has 7 heteroatoms. The molecular formula is C22H22FN3O2S. The zero-order valence-corrected chi connectivity index (χ0v) is 17.2. The van der Waals surface area contributed by atoms with E-state index >= 15 is 0 Å². The Morgan fingerprint density at radius 1 is 1.21 bits per heavy atom. The number of rotatable bonds is 8. The Morgan fingerprint density at radius 2 is 1.93 bits per heavy atom. The van der Waals surface area contributed by atoms with Gasteiger partial charge < -0.3 is 4.74 Å². The summed E-state index contributed by atoms with van der Waals surface area (Å²) in [5.41, 5.74) is 1.07. The van der Waals surface area contributed by atoms with Crippen LogP contribution in [-0.4, -0.2) is 32.9 Å². The van der Waals surface area contributed by atoms with Crippen LogP contribution in [0.2, 0.25) is 0 Å². The van der Waals surface area contributed by atoms with Gasteiger partial charge in [0.1, 0.15) is 11.6 Å². The predicted molar refractivity (Wildman–Crippen MR) is 111 cm³/mol. The Morgan fingerprint density at radius 3 is 2.55 bits per heavy atom. The smallest absolute Gasteiger partial charge is 0.192 e. The number of methoxy groups -OCH3 is 1. The normalized spacial score (nSPS) is 14.6. The maximum absolute atomic E-state index is 14.3. The number of ether oxygens (including phenoxy) is 1. The number of carbonyl (C=O) groups is 1. The fourth-order valence-electron chi connectivity index (χ4n) is 3.24. The second-order valence-corrected chi connectivity index (χ2v) is 8.16. The van der Waals surface area contributed by atoms with Gasteiger partial charge >= 0.3 is 0 Å². The summed E-state index contributed by atoms with van der Waals surface area (Å²) in [6, 6.07) is 14.0. The van der Waals surface area contributed by atoms with E-state index in [1.54, 1.807) is 49.6 Å². The summed E-state index contributed by atoms with van der Waals surface area (Å²) in [7, 11) is 1.60. The van der Waals surface area contributed by atoms with Crippen molar-refractivity contribution in [1.29, 1.82) is 0 Å². The van der Waals surface area contributed by atoms with Crippen LogP contribution in [-0.2, 0) is 0 Å². The number of ketones is 1. The molecule has 1 aliphatic rings. The molecule has 1 heterocycles. The highest BCUT2D eigenvalue weighted by Gasteiger charge is 2.32. The minimum atomic E-state index is -0.320. The van der Waals surface area contributed by atoms with Crippen LogP contribution in [0.25, 0.3) is 11.4 Å². The number of nitrogens with zero attached hydrogens (tertiary/aromatic N) is 3. The number of benzene rings is 2. The SMILES string of the molecule is CCC(Sc1nnc(-c2ccccc2F)n1C1CC1)C(=O)c1ccc(OC)cc1. The summed E-state index contributed by atoms with van der Waals surface area (Å²) < 4.78 is 21.5. The zero-order valence-electron chi connectivity index (χ0n) is 16.3. The summed E-state index contributed by atoms with van der Waals surface area (Å²) in [6.45, 7) is 1.98. The summed E-state index contributed by atoms with van der Waals surface area (Å²) >= 11 is 1.40. The van der Waals surface area contributed by atoms with Crippen LogP contribution in [0, 0.1) is 5.82 Å². The molecule has 29 heavy (non-hydrogen) atoms. The number of hydrogen-bond acceptors (Lipinski definition) is 5. The standard InChI is InChI=1S/C22H22FN3O2S/c1-3-19(20(27)14-8-12-16(28-2)13-9-14)29-22-25-24-21(26(22)15-10-11-15)17-6-4-5-7-18(17)23/h4-9,12-13,15,19H,3,10-11H2,1-2H3. The Balaban J connectivity index is 1.62. The number of hydrogen-bond donors (Lipinski definition) is 0. The Hall–Kier alpha value is -2.67. The van der Waals surface area contributed by atoms with Crippen LogP contribution in [0.4, 0.5) is 4.39 Å². The van der Waals surface area contributed by atoms with E-state index in [4.69, 9.17) is 4.74 Å². The van der Waals surface area contributed by atoms with Crippen molar-refractivity contribution in [2.75, 3.05) is 7.11 Å². The molecule has 1 saturated carbocycles. The van der Waals surface area contributed by atoms with Crippen molar-refractivity contribution in [2.45, 2.75) is 42.6 Å². The first-order chi connectivity index (χ1) is 14.1. The van der Waals surface area contributed by atoms with Gasteiger partial charge in [-0.1, -0.05) is 30.8 Å². The first-order valence-corrected chi connectivity index (χ1v) is 10.5. The Kier molecular flexibility index (Phi) is 5.67. The third kappa shape index (κ3) is 4.05. The molecule has 0 saturated heterocycles. The summed E-state index contributed by atoms with van der Waals surface area (Å²) in [5.74, 6) is 0.961. The van der Waals surface area contributed by atoms with Gasteiger partial charge in [-0.25, -0.2) is 4.39 Å². The first-order valence-electron chi connectivity index (χ1n) is 9.67. The summed E-state index contributed by atoms with van der Waals surface area (Å²) in [4.78, 5) is 13.0. The maximum atomic E-state index is 14.3. The second-order valence-electron chi connectivity index (χ2n) is 6.99. The molecule has 0 aliphatic heterocycles. The lowest BCUT2D eigenvalue weighted by molar-refractivity contribution is 0.0988. The molecule has 0 radical (unpaired) electrons. The van der Waals surface area contributed by atoms with Crippen LogP contribution in [0.5, 0.6) is 5.75 Å². The number of aromatic nitrogens is 3. The maximum Gasteiger partial charge on any atom is 0.192 e. The zero-order chi connectivity index (χ0) is 20.4. The van der Waals surface area contributed by atoms with Crippen LogP contribution >= 0.6 is 11.8 Å². The predicted octanol–water partition coefficient (Wildman–Crippen LogP) is 5.18. The first kappa shape index (κ1) is 19.6. The molecule has 1 aromatic heterocycles. The molecule has 5 nitrogen and oxygen atoms in total. The number of thioether (sulfide) groups is 1. The average molecular weight is 412 g/mol. The van der Waals surface area contributed by atoms with E-state index in [0.717, 1.165) is 12.8 Å². The van der Waals surface area contributed by atoms with Gasteiger partial charge in [-0.05, 0) is 55.7 Å². The molecule has 0 N–H and O–H groups in total. The minimum absolute atomic E-state index is 0.0398. The van der Waals surface area contributed by atoms with Crippen molar-refractivity contribution in [2.24, 2.45) is 0 Å². The molecule has 4 rings (SSSR count). The fourth-order valence-corrected chi connectivity index (χ4v) is 4.34. The van der Waals surface area contributed by atoms with Crippen LogP contribution in [0.3, 0.4) is 0 Å². The lowest BCUT2D eigenvalue weighted by atomic mass is 10.1. The van der Waals surface area contributed by atoms with Gasteiger partial charge in [-0.3, -0.25) is 9.36 Å². The van der Waals surface area contributed by atoms with E-state index in [-0.39, 0.29) is 22.9 Å². The molecule has 2 aromatic carbocycles. The van der Waals surface area contributed by atoms with Crippen LogP contribution in [0.1, 0.15) is 42.6 Å². The molecule has 1 unspecified atom stereocenters. The van der Waals surface area contributed by atoms with Crippen LogP contribution in [0.15, 0.2) is 53.7 Å². The second kappa shape index (κ2) is 8.37. The van der Waals surface area contributed by atoms with E-state index in [0.29, 0.717) is 34.3 Å². The van der Waals surface area contributed by atoms with Crippen molar-refractivity contribution in [3.8, 4) is 17.1 Å². The van der Waals surface area contributed by atoms with E-state index in [2.05, 4.69) is 10.2 Å². The molecule has 0 amide bonds. The Labute approximate surface area is 173 Å². The van der Waals surface area contributed by atoms with E-state index in [1.165, 1.54) is 17.8 Å². The minimum Gasteiger partial charge on any atom is -0.497 e. The fraction of sp³-hybridized carbons (Fsp3) is 0.318. The van der Waals surface area contributed by atoms with E-state index < -0.39 is 0 Å². The molecule has 0 bridgehead atoms. The van der Waals surface area contributed by atoms with Gasteiger partial charge in [0.2, 0.25) is 0 Å². The third-order valence-electron chi connectivity index (χ3n) is 4.98. The highest BCUT2D eigenvalue weighted by molar-refractivity contribution is 8.00. The molecular weight excluding hydrogens is 389 g/mol. The van der Waals surface area contributed by atoms with E-state index in [1.807, 2.05) is 11.5 Å². The van der Waals surface area contributed by atoms with Gasteiger partial charge in [0.25, 0.3) is 0 Å². The average Bonchev–Trinajstić information content (AvgIpc) is 3.51. The molecule has 1 aliphatic carbocycles. The van der Waals surface area contributed by atoms with Crippen molar-refractivity contribution >= 4 is 17.5 Å². The lowest BCUT2D eigenvalue weighted by Crippen LogP contribution is -2.17. The number of halogens is 1. The van der Waals surface area contributed by atoms with Crippen molar-refractivity contribution in [3.05, 3.63) is 59.9 Å². The third-order valence-corrected chi connectivity index (χ3v) is 6.30. The number of carbonyl (C=O) groups excluding carboxylic acids is 1. The largest absolute Gasteiger partial charge is 0.497 e. The topological polar surface area (TPSA) is 57.0 Å². The van der Waals surface area contributed by atoms with E-state index in [9.17, 15) is 9.18 Å². The van der Waals surface area contributed by atoms with Gasteiger partial charge in [0.15, 0.2) is 16.8 Å². The van der Waals surface area contributed by atoms with Crippen molar-refractivity contribution < 1.29 is 13.9 Å².